The van der Waals surface area contributed by atoms with Crippen molar-refractivity contribution in [1.82, 2.24) is 10.3 Å². The minimum atomic E-state index is 0.765. The Morgan fingerprint density at radius 1 is 1.43 bits per heavy atom. The molecule has 0 atom stereocenters. The fourth-order valence-corrected chi connectivity index (χ4v) is 1.52. The monoisotopic (exact) mass is 191 g/mol. The minimum Gasteiger partial charge on any atom is -0.373 e. The van der Waals surface area contributed by atoms with Gasteiger partial charge in [-0.2, -0.15) is 0 Å². The fraction of sp³-hybridized carbons (Fsp3) is 0.545. The molecule has 0 aromatic carbocycles. The quantitative estimate of drug-likeness (QED) is 0.760. The number of rotatable bonds is 4. The number of nitrogens with zero attached hydrogens (tertiary/aromatic N) is 1. The molecule has 3 nitrogen and oxygen atoms in total. The SMILES string of the molecule is CNc1cc(CNC2CC2)cc(C)n1. The van der Waals surface area contributed by atoms with Crippen LogP contribution in [0.15, 0.2) is 12.1 Å². The highest BCUT2D eigenvalue weighted by atomic mass is 15.0. The molecule has 0 spiro atoms. The molecule has 1 aliphatic rings. The van der Waals surface area contributed by atoms with E-state index < -0.39 is 0 Å². The van der Waals surface area contributed by atoms with E-state index in [1.54, 1.807) is 0 Å². The lowest BCUT2D eigenvalue weighted by Gasteiger charge is -2.07. The molecule has 0 amide bonds. The number of anilines is 1. The molecule has 1 saturated carbocycles. The first kappa shape index (κ1) is 9.46. The van der Waals surface area contributed by atoms with E-state index in [2.05, 4.69) is 27.8 Å². The normalized spacial score (nSPS) is 15.6. The fourth-order valence-electron chi connectivity index (χ4n) is 1.52. The molecule has 3 heteroatoms. The first-order chi connectivity index (χ1) is 6.78. The van der Waals surface area contributed by atoms with E-state index in [0.29, 0.717) is 0 Å². The summed E-state index contributed by atoms with van der Waals surface area (Å²) in [6, 6.07) is 5.00. The Kier molecular flexibility index (Phi) is 2.68. The molecule has 0 unspecified atom stereocenters. The van der Waals surface area contributed by atoms with Crippen LogP contribution in [0.4, 0.5) is 5.82 Å². The third-order valence-corrected chi connectivity index (χ3v) is 2.44. The maximum absolute atomic E-state index is 4.36. The van der Waals surface area contributed by atoms with Gasteiger partial charge in [-0.1, -0.05) is 0 Å². The van der Waals surface area contributed by atoms with Gasteiger partial charge in [0.05, 0.1) is 0 Å². The molecule has 2 N–H and O–H groups in total. The summed E-state index contributed by atoms with van der Waals surface area (Å²) in [6.45, 7) is 2.99. The van der Waals surface area contributed by atoms with Crippen molar-refractivity contribution in [3.63, 3.8) is 0 Å². The zero-order valence-electron chi connectivity index (χ0n) is 8.80. The van der Waals surface area contributed by atoms with Crippen molar-refractivity contribution in [1.29, 1.82) is 0 Å². The molecule has 1 heterocycles. The van der Waals surface area contributed by atoms with Gasteiger partial charge in [0.1, 0.15) is 5.82 Å². The van der Waals surface area contributed by atoms with Gasteiger partial charge in [-0.25, -0.2) is 4.98 Å². The Morgan fingerprint density at radius 3 is 2.86 bits per heavy atom. The maximum Gasteiger partial charge on any atom is 0.126 e. The molecule has 0 radical (unpaired) electrons. The molecule has 0 aliphatic heterocycles. The van der Waals surface area contributed by atoms with E-state index >= 15 is 0 Å². The van der Waals surface area contributed by atoms with Gasteiger partial charge in [-0.15, -0.1) is 0 Å². The van der Waals surface area contributed by atoms with Gasteiger partial charge in [0.2, 0.25) is 0 Å². The Bertz CT molecular complexity index is 318. The largest absolute Gasteiger partial charge is 0.373 e. The average molecular weight is 191 g/mol. The highest BCUT2D eigenvalue weighted by Crippen LogP contribution is 2.19. The van der Waals surface area contributed by atoms with Gasteiger partial charge in [-0.05, 0) is 37.5 Å². The van der Waals surface area contributed by atoms with E-state index in [1.807, 2.05) is 14.0 Å². The lowest BCUT2D eigenvalue weighted by molar-refractivity contribution is 0.687. The summed E-state index contributed by atoms with van der Waals surface area (Å²) in [6.07, 6.45) is 2.67. The van der Waals surface area contributed by atoms with Gasteiger partial charge in [0.25, 0.3) is 0 Å². The summed E-state index contributed by atoms with van der Waals surface area (Å²) in [7, 11) is 1.90. The van der Waals surface area contributed by atoms with Crippen LogP contribution in [0.1, 0.15) is 24.1 Å². The van der Waals surface area contributed by atoms with E-state index in [-0.39, 0.29) is 0 Å². The molecule has 1 aromatic heterocycles. The number of hydrogen-bond donors (Lipinski definition) is 2. The van der Waals surface area contributed by atoms with Gasteiger partial charge >= 0.3 is 0 Å². The lowest BCUT2D eigenvalue weighted by atomic mass is 10.2. The predicted octanol–water partition coefficient (Wildman–Crippen LogP) is 1.68. The first-order valence-electron chi connectivity index (χ1n) is 5.16. The zero-order valence-corrected chi connectivity index (χ0v) is 8.80. The smallest absolute Gasteiger partial charge is 0.126 e. The molecule has 76 valence electrons. The topological polar surface area (TPSA) is 37.0 Å². The second-order valence-electron chi connectivity index (χ2n) is 3.91. The van der Waals surface area contributed by atoms with E-state index in [0.717, 1.165) is 24.1 Å². The molecule has 0 saturated heterocycles. The second kappa shape index (κ2) is 3.96. The number of nitrogens with one attached hydrogen (secondary N) is 2. The summed E-state index contributed by atoms with van der Waals surface area (Å²) in [5.41, 5.74) is 2.39. The van der Waals surface area contributed by atoms with Crippen LogP contribution in [0, 0.1) is 6.92 Å². The third-order valence-electron chi connectivity index (χ3n) is 2.44. The number of pyridine rings is 1. The Morgan fingerprint density at radius 2 is 2.21 bits per heavy atom. The standard InChI is InChI=1S/C11H17N3/c1-8-5-9(6-11(12-2)14-8)7-13-10-3-4-10/h5-6,10,13H,3-4,7H2,1-2H3,(H,12,14). The Balaban J connectivity index is 2.03. The van der Waals surface area contributed by atoms with Crippen molar-refractivity contribution in [2.75, 3.05) is 12.4 Å². The van der Waals surface area contributed by atoms with E-state index in [4.69, 9.17) is 0 Å². The van der Waals surface area contributed by atoms with Gasteiger partial charge in [0, 0.05) is 25.3 Å². The molecule has 1 aromatic rings. The molecular formula is C11H17N3. The summed E-state index contributed by atoms with van der Waals surface area (Å²) in [4.78, 5) is 4.36. The summed E-state index contributed by atoms with van der Waals surface area (Å²) < 4.78 is 0. The van der Waals surface area contributed by atoms with E-state index in [9.17, 15) is 0 Å². The minimum absolute atomic E-state index is 0.765. The van der Waals surface area contributed by atoms with Crippen LogP contribution in [0.25, 0.3) is 0 Å². The highest BCUT2D eigenvalue weighted by Gasteiger charge is 2.19. The second-order valence-corrected chi connectivity index (χ2v) is 3.91. The van der Waals surface area contributed by atoms with Crippen molar-refractivity contribution < 1.29 is 0 Å². The third kappa shape index (κ3) is 2.45. The number of aromatic nitrogens is 1. The van der Waals surface area contributed by atoms with Crippen molar-refractivity contribution in [2.24, 2.45) is 0 Å². The lowest BCUT2D eigenvalue weighted by Crippen LogP contribution is -2.15. The van der Waals surface area contributed by atoms with Crippen LogP contribution in [-0.2, 0) is 6.54 Å². The predicted molar refractivity (Wildman–Crippen MR) is 58.4 cm³/mol. The molecule has 2 rings (SSSR count). The van der Waals surface area contributed by atoms with Crippen LogP contribution in [0.5, 0.6) is 0 Å². The van der Waals surface area contributed by atoms with Crippen LogP contribution in [0.3, 0.4) is 0 Å². The summed E-state index contributed by atoms with van der Waals surface area (Å²) >= 11 is 0. The number of aryl methyl sites for hydroxylation is 1. The average Bonchev–Trinajstić information content (AvgIpc) is 2.97. The zero-order chi connectivity index (χ0) is 9.97. The highest BCUT2D eigenvalue weighted by molar-refractivity contribution is 5.38. The Labute approximate surface area is 84.9 Å². The van der Waals surface area contributed by atoms with Crippen molar-refractivity contribution in [3.8, 4) is 0 Å². The molecular weight excluding hydrogens is 174 g/mol. The van der Waals surface area contributed by atoms with Gasteiger partial charge in [-0.3, -0.25) is 0 Å². The Hall–Kier alpha value is -1.09. The summed E-state index contributed by atoms with van der Waals surface area (Å²) in [5.74, 6) is 0.956. The molecule has 0 bridgehead atoms. The first-order valence-corrected chi connectivity index (χ1v) is 5.16. The molecule has 1 fully saturated rings. The van der Waals surface area contributed by atoms with Crippen molar-refractivity contribution in [2.45, 2.75) is 32.4 Å². The molecule has 14 heavy (non-hydrogen) atoms. The van der Waals surface area contributed by atoms with Crippen LogP contribution >= 0.6 is 0 Å². The van der Waals surface area contributed by atoms with Crippen molar-refractivity contribution >= 4 is 5.82 Å². The number of hydrogen-bond acceptors (Lipinski definition) is 3. The van der Waals surface area contributed by atoms with E-state index in [1.165, 1.54) is 18.4 Å². The van der Waals surface area contributed by atoms with Gasteiger partial charge in [0.15, 0.2) is 0 Å². The maximum atomic E-state index is 4.36. The van der Waals surface area contributed by atoms with Crippen LogP contribution < -0.4 is 10.6 Å². The van der Waals surface area contributed by atoms with Gasteiger partial charge < -0.3 is 10.6 Å². The molecule has 1 aliphatic carbocycles. The van der Waals surface area contributed by atoms with Crippen LogP contribution in [0.2, 0.25) is 0 Å². The van der Waals surface area contributed by atoms with Crippen LogP contribution in [-0.4, -0.2) is 18.1 Å². The summed E-state index contributed by atoms with van der Waals surface area (Å²) in [5, 5.41) is 6.57. The van der Waals surface area contributed by atoms with Crippen molar-refractivity contribution in [3.05, 3.63) is 23.4 Å².